The number of hydrogen-bond acceptors (Lipinski definition) is 4. The summed E-state index contributed by atoms with van der Waals surface area (Å²) in [7, 11) is 0. The van der Waals surface area contributed by atoms with Gasteiger partial charge >= 0.3 is 0 Å². The lowest BCUT2D eigenvalue weighted by molar-refractivity contribution is -0.115. The smallest absolute Gasteiger partial charge is 0.272 e. The second-order valence-corrected chi connectivity index (χ2v) is 11.3. The van der Waals surface area contributed by atoms with Crippen molar-refractivity contribution in [2.24, 2.45) is 0 Å². The zero-order chi connectivity index (χ0) is 32.0. The molecule has 0 aliphatic rings. The fourth-order valence-corrected chi connectivity index (χ4v) is 5.09. The summed E-state index contributed by atoms with van der Waals surface area (Å²) in [4.78, 5) is 39.1. The van der Waals surface area contributed by atoms with E-state index in [2.05, 4.69) is 10.6 Å². The second kappa shape index (κ2) is 14.4. The number of benzene rings is 4. The van der Waals surface area contributed by atoms with Gasteiger partial charge in [0.15, 0.2) is 23.3 Å². The Balaban J connectivity index is 1.47. The first-order valence-corrected chi connectivity index (χ1v) is 14.3. The number of carbonyl (C=O) groups excluding carboxylic acids is 3. The predicted molar refractivity (Wildman–Crippen MR) is 164 cm³/mol. The van der Waals surface area contributed by atoms with Crippen LogP contribution in [0.15, 0.2) is 89.5 Å². The lowest BCUT2D eigenvalue weighted by Crippen LogP contribution is -2.30. The Morgan fingerprint density at radius 1 is 0.795 bits per heavy atom. The summed E-state index contributed by atoms with van der Waals surface area (Å²) < 4.78 is 54.8. The highest BCUT2D eigenvalue weighted by Crippen LogP contribution is 2.29. The molecule has 1 atom stereocenters. The van der Waals surface area contributed by atoms with Crippen LogP contribution < -0.4 is 16.0 Å². The van der Waals surface area contributed by atoms with Gasteiger partial charge < -0.3 is 16.0 Å². The molecule has 0 bridgehead atoms. The van der Waals surface area contributed by atoms with Gasteiger partial charge in [-0.2, -0.15) is 0 Å². The van der Waals surface area contributed by atoms with Crippen molar-refractivity contribution in [2.45, 2.75) is 17.1 Å². The molecule has 0 aliphatic carbocycles. The number of hydrogen-bond donors (Lipinski definition) is 3. The molecular weight excluding hydrogens is 641 g/mol. The molecule has 0 spiro atoms. The molecule has 226 valence electrons. The number of rotatable bonds is 9. The molecule has 4 rings (SSSR count). The summed E-state index contributed by atoms with van der Waals surface area (Å²) in [6.07, 6.45) is 1.35. The van der Waals surface area contributed by atoms with E-state index in [-0.39, 0.29) is 21.8 Å². The maximum atomic E-state index is 13.9. The zero-order valence-electron chi connectivity index (χ0n) is 22.6. The van der Waals surface area contributed by atoms with Gasteiger partial charge in [-0.1, -0.05) is 47.5 Å². The molecule has 4 aromatic rings. The van der Waals surface area contributed by atoms with Crippen molar-refractivity contribution >= 4 is 70.1 Å². The Labute approximate surface area is 263 Å². The van der Waals surface area contributed by atoms with Gasteiger partial charge in [-0.05, 0) is 61.5 Å². The third-order valence-corrected chi connectivity index (χ3v) is 7.74. The van der Waals surface area contributed by atoms with Gasteiger partial charge in [0.25, 0.3) is 11.8 Å². The standard InChI is InChI=1S/C31H21Cl2F4N3O3S/c1-16(29(41)40-28-26(36)23(34)15-24(35)27(28)37)44-19-12-10-18(11-13-19)38-31(43)25(14-20-21(32)8-5-9-22(20)33)39-30(42)17-6-3-2-4-7-17/h2-16H,1H3,(H,38,43)(H,39,42)(H,40,41)/b25-14-. The van der Waals surface area contributed by atoms with E-state index in [0.717, 1.165) is 11.8 Å². The minimum atomic E-state index is -1.72. The van der Waals surface area contributed by atoms with Crippen LogP contribution in [0.4, 0.5) is 28.9 Å². The number of thioether (sulfide) groups is 1. The molecule has 0 saturated heterocycles. The summed E-state index contributed by atoms with van der Waals surface area (Å²) in [5.41, 5.74) is -0.427. The monoisotopic (exact) mass is 661 g/mol. The van der Waals surface area contributed by atoms with Crippen LogP contribution in [0.2, 0.25) is 10.0 Å². The summed E-state index contributed by atoms with van der Waals surface area (Å²) in [5.74, 6) is -8.88. The number of nitrogens with one attached hydrogen (secondary N) is 3. The Morgan fingerprint density at radius 2 is 1.39 bits per heavy atom. The average molecular weight is 662 g/mol. The molecule has 1 unspecified atom stereocenters. The zero-order valence-corrected chi connectivity index (χ0v) is 24.9. The molecule has 0 aliphatic heterocycles. The molecule has 0 aromatic heterocycles. The highest BCUT2D eigenvalue weighted by Gasteiger charge is 2.24. The molecule has 0 fully saturated rings. The van der Waals surface area contributed by atoms with E-state index in [0.29, 0.717) is 21.7 Å². The van der Waals surface area contributed by atoms with Crippen LogP contribution in [0.1, 0.15) is 22.8 Å². The van der Waals surface area contributed by atoms with E-state index in [1.165, 1.54) is 25.1 Å². The highest BCUT2D eigenvalue weighted by atomic mass is 35.5. The van der Waals surface area contributed by atoms with Gasteiger partial charge in [0, 0.05) is 37.8 Å². The normalized spacial score (nSPS) is 11.9. The molecule has 0 radical (unpaired) electrons. The van der Waals surface area contributed by atoms with Crippen molar-refractivity contribution in [1.82, 2.24) is 5.32 Å². The number of amides is 3. The second-order valence-electron chi connectivity index (χ2n) is 9.08. The van der Waals surface area contributed by atoms with Crippen molar-refractivity contribution in [1.29, 1.82) is 0 Å². The SMILES string of the molecule is CC(Sc1ccc(NC(=O)/C(=C/c2c(Cl)cccc2Cl)NC(=O)c2ccccc2)cc1)C(=O)Nc1c(F)c(F)cc(F)c1F. The molecule has 6 nitrogen and oxygen atoms in total. The van der Waals surface area contributed by atoms with Crippen molar-refractivity contribution < 1.29 is 31.9 Å². The molecule has 44 heavy (non-hydrogen) atoms. The van der Waals surface area contributed by atoms with Gasteiger partial charge in [-0.3, -0.25) is 14.4 Å². The Bertz CT molecular complexity index is 1710. The first kappa shape index (κ1) is 32.6. The predicted octanol–water partition coefficient (Wildman–Crippen LogP) is 8.08. The molecule has 0 saturated carbocycles. The summed E-state index contributed by atoms with van der Waals surface area (Å²) in [6, 6.07) is 19.2. The van der Waals surface area contributed by atoms with Crippen molar-refractivity contribution in [3.05, 3.63) is 129 Å². The lowest BCUT2D eigenvalue weighted by atomic mass is 10.1. The third-order valence-electron chi connectivity index (χ3n) is 5.97. The van der Waals surface area contributed by atoms with Crippen LogP contribution in [0.25, 0.3) is 6.08 Å². The molecule has 0 heterocycles. The van der Waals surface area contributed by atoms with Crippen LogP contribution in [0, 0.1) is 23.3 Å². The van der Waals surface area contributed by atoms with Crippen molar-refractivity contribution in [3.8, 4) is 0 Å². The molecule has 13 heteroatoms. The molecule has 3 amide bonds. The van der Waals surface area contributed by atoms with Crippen LogP contribution in [-0.2, 0) is 9.59 Å². The fourth-order valence-electron chi connectivity index (χ4n) is 3.72. The first-order chi connectivity index (χ1) is 20.9. The summed E-state index contributed by atoms with van der Waals surface area (Å²) in [5, 5.41) is 6.70. The average Bonchev–Trinajstić information content (AvgIpc) is 3.00. The van der Waals surface area contributed by atoms with Gasteiger partial charge in [-0.15, -0.1) is 11.8 Å². The van der Waals surface area contributed by atoms with E-state index in [1.807, 2.05) is 5.32 Å². The van der Waals surface area contributed by atoms with E-state index in [1.54, 1.807) is 60.7 Å². The number of halogens is 6. The highest BCUT2D eigenvalue weighted by molar-refractivity contribution is 8.00. The molecule has 4 aromatic carbocycles. The summed E-state index contributed by atoms with van der Waals surface area (Å²) in [6.45, 7) is 1.42. The minimum Gasteiger partial charge on any atom is -0.321 e. The van der Waals surface area contributed by atoms with E-state index in [9.17, 15) is 31.9 Å². The maximum Gasteiger partial charge on any atom is 0.272 e. The van der Waals surface area contributed by atoms with E-state index in [4.69, 9.17) is 23.2 Å². The first-order valence-electron chi connectivity index (χ1n) is 12.7. The Morgan fingerprint density at radius 3 is 1.98 bits per heavy atom. The van der Waals surface area contributed by atoms with Crippen LogP contribution in [-0.4, -0.2) is 23.0 Å². The van der Waals surface area contributed by atoms with E-state index >= 15 is 0 Å². The van der Waals surface area contributed by atoms with Gasteiger partial charge in [-0.25, -0.2) is 17.6 Å². The van der Waals surface area contributed by atoms with Crippen LogP contribution in [0.5, 0.6) is 0 Å². The quantitative estimate of drug-likeness (QED) is 0.0733. The lowest BCUT2D eigenvalue weighted by Gasteiger charge is -2.14. The third kappa shape index (κ3) is 7.98. The van der Waals surface area contributed by atoms with Crippen LogP contribution in [0.3, 0.4) is 0 Å². The summed E-state index contributed by atoms with van der Waals surface area (Å²) >= 11 is 13.5. The number of anilines is 2. The molecule has 3 N–H and O–H groups in total. The van der Waals surface area contributed by atoms with Gasteiger partial charge in [0.1, 0.15) is 11.4 Å². The Kier molecular flexibility index (Phi) is 10.7. The molecular formula is C31H21Cl2F4N3O3S. The Hall–Kier alpha value is -4.32. The van der Waals surface area contributed by atoms with Gasteiger partial charge in [0.05, 0.1) is 5.25 Å². The van der Waals surface area contributed by atoms with Crippen molar-refractivity contribution in [3.63, 3.8) is 0 Å². The fraction of sp³-hybridized carbons (Fsp3) is 0.0645. The topological polar surface area (TPSA) is 87.3 Å². The van der Waals surface area contributed by atoms with Crippen LogP contribution >= 0.6 is 35.0 Å². The van der Waals surface area contributed by atoms with E-state index < -0.39 is 51.9 Å². The minimum absolute atomic E-state index is 0.0424. The van der Waals surface area contributed by atoms with Crippen molar-refractivity contribution in [2.75, 3.05) is 10.6 Å². The number of carbonyl (C=O) groups is 3. The largest absolute Gasteiger partial charge is 0.321 e. The maximum absolute atomic E-state index is 13.9. The van der Waals surface area contributed by atoms with Gasteiger partial charge in [0.2, 0.25) is 5.91 Å².